The van der Waals surface area contributed by atoms with Crippen LogP contribution in [0.1, 0.15) is 15.9 Å². The van der Waals surface area contributed by atoms with Gasteiger partial charge < -0.3 is 9.88 Å². The molecule has 1 heterocycles. The molecule has 0 bridgehead atoms. The summed E-state index contributed by atoms with van der Waals surface area (Å²) in [7, 11) is 0. The van der Waals surface area contributed by atoms with Crippen LogP contribution >= 0.6 is 15.9 Å². The molecule has 0 aliphatic carbocycles. The lowest BCUT2D eigenvalue weighted by molar-refractivity contribution is 0.102. The second kappa shape index (κ2) is 7.44. The van der Waals surface area contributed by atoms with Crippen molar-refractivity contribution in [1.29, 1.82) is 0 Å². The van der Waals surface area contributed by atoms with Gasteiger partial charge in [0.05, 0.1) is 12.2 Å². The lowest BCUT2D eigenvalue weighted by Gasteiger charge is -2.09. The summed E-state index contributed by atoms with van der Waals surface area (Å²) in [6.45, 7) is 0.355. The van der Waals surface area contributed by atoms with Crippen molar-refractivity contribution in [2.75, 3.05) is 5.32 Å². The number of carbonyl (C=O) groups excluding carboxylic acids is 1. The van der Waals surface area contributed by atoms with E-state index in [2.05, 4.69) is 21.2 Å². The number of amides is 1. The first kappa shape index (κ1) is 17.1. The smallest absolute Gasteiger partial charge is 0.263 e. The minimum absolute atomic E-state index is 0.0195. The van der Waals surface area contributed by atoms with Crippen LogP contribution in [0.25, 0.3) is 0 Å². The van der Waals surface area contributed by atoms with E-state index in [1.807, 2.05) is 30.3 Å². The maximum absolute atomic E-state index is 13.9. The quantitative estimate of drug-likeness (QED) is 0.717. The third-order valence-electron chi connectivity index (χ3n) is 3.64. The third-order valence-corrected chi connectivity index (χ3v) is 4.13. The Morgan fingerprint density at radius 1 is 1.08 bits per heavy atom. The van der Waals surface area contributed by atoms with Crippen molar-refractivity contribution in [2.24, 2.45) is 0 Å². The Morgan fingerprint density at radius 2 is 1.84 bits per heavy atom. The van der Waals surface area contributed by atoms with Gasteiger partial charge in [-0.2, -0.15) is 0 Å². The van der Waals surface area contributed by atoms with E-state index in [0.717, 1.165) is 5.56 Å². The van der Waals surface area contributed by atoms with Crippen LogP contribution < -0.4 is 10.9 Å². The number of benzene rings is 2. The summed E-state index contributed by atoms with van der Waals surface area (Å²) in [5, 5.41) is 2.44. The molecule has 1 aromatic heterocycles. The van der Waals surface area contributed by atoms with Crippen LogP contribution in [0, 0.1) is 5.82 Å². The van der Waals surface area contributed by atoms with E-state index < -0.39 is 17.3 Å². The number of halogens is 2. The van der Waals surface area contributed by atoms with E-state index in [0.29, 0.717) is 11.0 Å². The molecule has 0 aliphatic heterocycles. The zero-order valence-electron chi connectivity index (χ0n) is 13.1. The maximum atomic E-state index is 13.9. The molecule has 1 N–H and O–H groups in total. The van der Waals surface area contributed by atoms with Crippen LogP contribution in [0.4, 0.5) is 10.1 Å². The Bertz CT molecular complexity index is 971. The summed E-state index contributed by atoms with van der Waals surface area (Å²) in [6.07, 6.45) is 1.62. The minimum atomic E-state index is -0.645. The predicted octanol–water partition coefficient (Wildman–Crippen LogP) is 4.05. The van der Waals surface area contributed by atoms with Gasteiger partial charge >= 0.3 is 0 Å². The van der Waals surface area contributed by atoms with Crippen molar-refractivity contribution < 1.29 is 9.18 Å². The molecule has 0 atom stereocenters. The first-order chi connectivity index (χ1) is 12.0. The van der Waals surface area contributed by atoms with Crippen LogP contribution in [0.2, 0.25) is 0 Å². The fourth-order valence-electron chi connectivity index (χ4n) is 2.39. The van der Waals surface area contributed by atoms with Crippen molar-refractivity contribution in [3.8, 4) is 0 Å². The van der Waals surface area contributed by atoms with Crippen molar-refractivity contribution in [2.45, 2.75) is 6.54 Å². The number of pyridine rings is 1. The summed E-state index contributed by atoms with van der Waals surface area (Å²) in [4.78, 5) is 24.9. The van der Waals surface area contributed by atoms with Gasteiger partial charge in [-0.05, 0) is 35.9 Å². The lowest BCUT2D eigenvalue weighted by Crippen LogP contribution is -2.29. The van der Waals surface area contributed by atoms with E-state index in [4.69, 9.17) is 0 Å². The SMILES string of the molecule is O=C(Nc1ccc(Br)cc1F)c1cccn(Cc2ccccc2)c1=O. The molecule has 1 amide bonds. The molecule has 0 radical (unpaired) electrons. The molecule has 0 spiro atoms. The Kier molecular flexibility index (Phi) is 5.09. The van der Waals surface area contributed by atoms with Gasteiger partial charge in [0.15, 0.2) is 0 Å². The van der Waals surface area contributed by atoms with Gasteiger partial charge in [-0.15, -0.1) is 0 Å². The normalized spacial score (nSPS) is 10.5. The van der Waals surface area contributed by atoms with E-state index in [1.165, 1.54) is 22.8 Å². The topological polar surface area (TPSA) is 51.1 Å². The predicted molar refractivity (Wildman–Crippen MR) is 98.3 cm³/mol. The van der Waals surface area contributed by atoms with E-state index >= 15 is 0 Å². The van der Waals surface area contributed by atoms with Crippen molar-refractivity contribution >= 4 is 27.5 Å². The Balaban J connectivity index is 1.86. The molecule has 3 aromatic rings. The number of nitrogens with one attached hydrogen (secondary N) is 1. The zero-order valence-corrected chi connectivity index (χ0v) is 14.7. The van der Waals surface area contributed by atoms with Gasteiger partial charge in [0.2, 0.25) is 0 Å². The lowest BCUT2D eigenvalue weighted by atomic mass is 10.2. The molecule has 0 saturated carbocycles. The number of carbonyl (C=O) groups is 1. The van der Waals surface area contributed by atoms with Gasteiger partial charge in [0, 0.05) is 10.7 Å². The van der Waals surface area contributed by atoms with Gasteiger partial charge in [-0.3, -0.25) is 9.59 Å². The highest BCUT2D eigenvalue weighted by Gasteiger charge is 2.14. The monoisotopic (exact) mass is 400 g/mol. The Hall–Kier alpha value is -2.73. The molecule has 4 nitrogen and oxygen atoms in total. The summed E-state index contributed by atoms with van der Waals surface area (Å²) in [5.74, 6) is -1.23. The highest BCUT2D eigenvalue weighted by molar-refractivity contribution is 9.10. The van der Waals surface area contributed by atoms with Gasteiger partial charge in [0.1, 0.15) is 11.4 Å². The highest BCUT2D eigenvalue weighted by Crippen LogP contribution is 2.19. The number of anilines is 1. The van der Waals surface area contributed by atoms with Crippen LogP contribution in [0.5, 0.6) is 0 Å². The molecular weight excluding hydrogens is 387 g/mol. The van der Waals surface area contributed by atoms with Crippen LogP contribution in [0.15, 0.2) is 76.1 Å². The summed E-state index contributed by atoms with van der Waals surface area (Å²) in [6, 6.07) is 16.8. The average molecular weight is 401 g/mol. The number of hydrogen-bond acceptors (Lipinski definition) is 2. The zero-order chi connectivity index (χ0) is 17.8. The molecule has 0 saturated heterocycles. The van der Waals surface area contributed by atoms with Crippen LogP contribution in [-0.4, -0.2) is 10.5 Å². The number of aromatic nitrogens is 1. The molecule has 6 heteroatoms. The fourth-order valence-corrected chi connectivity index (χ4v) is 2.73. The Morgan fingerprint density at radius 3 is 2.56 bits per heavy atom. The average Bonchev–Trinajstić information content (AvgIpc) is 2.60. The van der Waals surface area contributed by atoms with E-state index in [9.17, 15) is 14.0 Å². The van der Waals surface area contributed by atoms with Crippen molar-refractivity contribution in [3.63, 3.8) is 0 Å². The van der Waals surface area contributed by atoms with Crippen molar-refractivity contribution in [3.05, 3.63) is 98.6 Å². The minimum Gasteiger partial charge on any atom is -0.319 e. The van der Waals surface area contributed by atoms with Gasteiger partial charge in [-0.25, -0.2) is 4.39 Å². The summed E-state index contributed by atoms with van der Waals surface area (Å²) >= 11 is 3.15. The number of rotatable bonds is 4. The van der Waals surface area contributed by atoms with Gasteiger partial charge in [0.25, 0.3) is 11.5 Å². The maximum Gasteiger partial charge on any atom is 0.263 e. The Labute approximate surface area is 152 Å². The molecule has 126 valence electrons. The molecule has 25 heavy (non-hydrogen) atoms. The highest BCUT2D eigenvalue weighted by atomic mass is 79.9. The van der Waals surface area contributed by atoms with Crippen molar-refractivity contribution in [1.82, 2.24) is 4.57 Å². The number of hydrogen-bond donors (Lipinski definition) is 1. The summed E-state index contributed by atoms with van der Waals surface area (Å²) < 4.78 is 15.9. The molecule has 0 unspecified atom stereocenters. The second-order valence-corrected chi connectivity index (χ2v) is 6.33. The second-order valence-electron chi connectivity index (χ2n) is 5.42. The first-order valence-electron chi connectivity index (χ1n) is 7.54. The molecule has 2 aromatic carbocycles. The molecule has 0 aliphatic rings. The van der Waals surface area contributed by atoms with Crippen LogP contribution in [0.3, 0.4) is 0 Å². The molecular formula is C19H14BrFN2O2. The third kappa shape index (κ3) is 4.03. The molecule has 3 rings (SSSR count). The summed E-state index contributed by atoms with van der Waals surface area (Å²) in [5.41, 5.74) is 0.495. The fraction of sp³-hybridized carbons (Fsp3) is 0.0526. The number of nitrogens with zero attached hydrogens (tertiary/aromatic N) is 1. The molecule has 0 fully saturated rings. The van der Waals surface area contributed by atoms with Crippen LogP contribution in [-0.2, 0) is 6.54 Å². The standard InChI is InChI=1S/C19H14BrFN2O2/c20-14-8-9-17(16(21)11-14)22-18(24)15-7-4-10-23(19(15)25)12-13-5-2-1-3-6-13/h1-11H,12H2,(H,22,24). The largest absolute Gasteiger partial charge is 0.319 e. The first-order valence-corrected chi connectivity index (χ1v) is 8.33. The van der Waals surface area contributed by atoms with E-state index in [-0.39, 0.29) is 11.3 Å². The van der Waals surface area contributed by atoms with Gasteiger partial charge in [-0.1, -0.05) is 46.3 Å². The van der Waals surface area contributed by atoms with E-state index in [1.54, 1.807) is 18.3 Å².